The Bertz CT molecular complexity index is 214. The standard InChI is InChI=1S/C10H13.Zr/c1-10(2,3)9-7-5-4-6-8-9;/h4-8H,1H2,2-3H3;. The predicted octanol–water partition coefficient (Wildman–Crippen LogP) is 2.93. The van der Waals surface area contributed by atoms with E-state index >= 15 is 0 Å². The summed E-state index contributed by atoms with van der Waals surface area (Å²) in [6, 6.07) is 10.7. The fourth-order valence-electron chi connectivity index (χ4n) is 0.991. The first kappa shape index (κ1) is 9.19. The molecule has 0 unspecified atom stereocenters. The molecule has 0 saturated heterocycles. The van der Waals surface area contributed by atoms with E-state index in [1.807, 2.05) is 0 Å². The molecule has 0 heterocycles. The minimum absolute atomic E-state index is 0.375. The van der Waals surface area contributed by atoms with E-state index in [-0.39, 0.29) is 0 Å². The molecule has 1 rings (SSSR count). The Balaban J connectivity index is 2.93. The van der Waals surface area contributed by atoms with Crippen molar-refractivity contribution in [1.29, 1.82) is 0 Å². The van der Waals surface area contributed by atoms with Gasteiger partial charge in [0.15, 0.2) is 0 Å². The predicted molar refractivity (Wildman–Crippen MR) is 44.3 cm³/mol. The molecule has 0 spiro atoms. The minimum atomic E-state index is 0.375. The van der Waals surface area contributed by atoms with Crippen molar-refractivity contribution >= 4 is 0 Å². The second-order valence-electron chi connectivity index (χ2n) is 3.43. The third-order valence-corrected chi connectivity index (χ3v) is 4.17. The molecular formula is C10H13Zr. The molecule has 0 bridgehead atoms. The quantitative estimate of drug-likeness (QED) is 0.724. The first-order valence-electron chi connectivity index (χ1n) is 3.87. The first-order valence-corrected chi connectivity index (χ1v) is 5.61. The van der Waals surface area contributed by atoms with Gasteiger partial charge in [-0.05, 0) is 0 Å². The van der Waals surface area contributed by atoms with Crippen LogP contribution in [0.5, 0.6) is 0 Å². The molecule has 0 fully saturated rings. The van der Waals surface area contributed by atoms with Gasteiger partial charge in [0.05, 0.1) is 0 Å². The van der Waals surface area contributed by atoms with E-state index in [0.29, 0.717) is 5.41 Å². The van der Waals surface area contributed by atoms with Crippen molar-refractivity contribution in [2.45, 2.75) is 23.4 Å². The van der Waals surface area contributed by atoms with E-state index in [4.69, 9.17) is 0 Å². The number of hydrogen-bond donors (Lipinski definition) is 0. The fraction of sp³-hybridized carbons (Fsp3) is 0.400. The van der Waals surface area contributed by atoms with E-state index in [1.165, 1.54) is 9.69 Å². The summed E-state index contributed by atoms with van der Waals surface area (Å²) in [5.41, 5.74) is 1.83. The summed E-state index contributed by atoms with van der Waals surface area (Å²) < 4.78 is 1.28. The van der Waals surface area contributed by atoms with Gasteiger partial charge in [-0.25, -0.2) is 0 Å². The van der Waals surface area contributed by atoms with E-state index in [2.05, 4.69) is 44.2 Å². The third-order valence-electron chi connectivity index (χ3n) is 2.00. The van der Waals surface area contributed by atoms with Gasteiger partial charge in [0.25, 0.3) is 0 Å². The molecule has 1 aromatic rings. The molecule has 0 nitrogen and oxygen atoms in total. The zero-order valence-electron chi connectivity index (χ0n) is 7.09. The summed E-state index contributed by atoms with van der Waals surface area (Å²) in [5, 5.41) is 0. The maximum absolute atomic E-state index is 2.30. The van der Waals surface area contributed by atoms with Crippen molar-refractivity contribution in [2.75, 3.05) is 0 Å². The number of hydrogen-bond acceptors (Lipinski definition) is 0. The summed E-state index contributed by atoms with van der Waals surface area (Å²) in [7, 11) is 0. The van der Waals surface area contributed by atoms with Crippen LogP contribution in [0.25, 0.3) is 0 Å². The third kappa shape index (κ3) is 2.27. The van der Waals surface area contributed by atoms with Gasteiger partial charge in [-0.2, -0.15) is 0 Å². The summed E-state index contributed by atoms with van der Waals surface area (Å²) in [4.78, 5) is 0. The molecule has 0 aliphatic heterocycles. The summed E-state index contributed by atoms with van der Waals surface area (Å²) in [5.74, 6) is 0. The summed E-state index contributed by atoms with van der Waals surface area (Å²) >= 11 is 1.62. The van der Waals surface area contributed by atoms with Gasteiger partial charge in [-0.3, -0.25) is 0 Å². The van der Waals surface area contributed by atoms with Crippen LogP contribution in [0.1, 0.15) is 19.4 Å². The Morgan fingerprint density at radius 1 is 1.18 bits per heavy atom. The summed E-state index contributed by atoms with van der Waals surface area (Å²) in [6.07, 6.45) is 0. The monoisotopic (exact) mass is 223 g/mol. The molecule has 0 radical (unpaired) electrons. The molecule has 0 aliphatic rings. The zero-order chi connectivity index (χ0) is 8.32. The average molecular weight is 224 g/mol. The van der Waals surface area contributed by atoms with Crippen LogP contribution in [-0.2, 0) is 30.1 Å². The Kier molecular flexibility index (Phi) is 3.07. The van der Waals surface area contributed by atoms with Gasteiger partial charge in [-0.1, -0.05) is 0 Å². The molecule has 0 aliphatic carbocycles. The van der Waals surface area contributed by atoms with Crippen molar-refractivity contribution in [3.63, 3.8) is 0 Å². The Labute approximate surface area is 83.9 Å². The average Bonchev–Trinajstić information content (AvgIpc) is 2.06. The molecular weight excluding hydrogens is 211 g/mol. The Morgan fingerprint density at radius 3 is 2.18 bits per heavy atom. The molecule has 1 aromatic carbocycles. The van der Waals surface area contributed by atoms with Crippen molar-refractivity contribution < 1.29 is 24.7 Å². The second-order valence-corrected chi connectivity index (χ2v) is 4.30. The van der Waals surface area contributed by atoms with Crippen LogP contribution in [0.3, 0.4) is 0 Å². The first-order chi connectivity index (χ1) is 5.17. The Hall–Kier alpha value is 0.103. The van der Waals surface area contributed by atoms with Gasteiger partial charge >= 0.3 is 84.0 Å². The van der Waals surface area contributed by atoms with Crippen molar-refractivity contribution in [1.82, 2.24) is 0 Å². The molecule has 0 atom stereocenters. The zero-order valence-corrected chi connectivity index (χ0v) is 9.55. The van der Waals surface area contributed by atoms with Gasteiger partial charge in [0.1, 0.15) is 0 Å². The van der Waals surface area contributed by atoms with Crippen molar-refractivity contribution in [2.24, 2.45) is 0 Å². The second kappa shape index (κ2) is 3.67. The van der Waals surface area contributed by atoms with E-state index < -0.39 is 0 Å². The number of rotatable bonds is 2. The summed E-state index contributed by atoms with van der Waals surface area (Å²) in [6.45, 7) is 4.61. The van der Waals surface area contributed by atoms with E-state index in [1.54, 1.807) is 24.7 Å². The molecule has 0 aromatic heterocycles. The maximum atomic E-state index is 2.30. The number of benzene rings is 1. The van der Waals surface area contributed by atoms with Gasteiger partial charge in [-0.15, -0.1) is 0 Å². The molecule has 1 heteroatoms. The SMILES string of the molecule is CC(C)([CH2][Zr])c1ccccc1. The fourth-order valence-corrected chi connectivity index (χ4v) is 1.49. The van der Waals surface area contributed by atoms with Crippen LogP contribution in [0.4, 0.5) is 0 Å². The van der Waals surface area contributed by atoms with Crippen LogP contribution in [0.2, 0.25) is 4.13 Å². The molecule has 0 saturated carbocycles. The van der Waals surface area contributed by atoms with Crippen molar-refractivity contribution in [3.05, 3.63) is 35.9 Å². The van der Waals surface area contributed by atoms with E-state index in [0.717, 1.165) is 0 Å². The van der Waals surface area contributed by atoms with Crippen LogP contribution in [0.15, 0.2) is 30.3 Å². The van der Waals surface area contributed by atoms with Crippen LogP contribution in [0, 0.1) is 0 Å². The topological polar surface area (TPSA) is 0 Å². The van der Waals surface area contributed by atoms with Gasteiger partial charge in [0, 0.05) is 0 Å². The van der Waals surface area contributed by atoms with Crippen LogP contribution < -0.4 is 0 Å². The van der Waals surface area contributed by atoms with Crippen LogP contribution in [-0.4, -0.2) is 0 Å². The van der Waals surface area contributed by atoms with Crippen LogP contribution >= 0.6 is 0 Å². The van der Waals surface area contributed by atoms with Crippen molar-refractivity contribution in [3.8, 4) is 0 Å². The molecule has 11 heavy (non-hydrogen) atoms. The normalized spacial score (nSPS) is 11.4. The van der Waals surface area contributed by atoms with Gasteiger partial charge < -0.3 is 0 Å². The van der Waals surface area contributed by atoms with Gasteiger partial charge in [0.2, 0.25) is 0 Å². The molecule has 0 amide bonds. The Morgan fingerprint density at radius 2 is 1.73 bits per heavy atom. The van der Waals surface area contributed by atoms with E-state index in [9.17, 15) is 0 Å². The molecule has 57 valence electrons. The molecule has 0 N–H and O–H groups in total.